The van der Waals surface area contributed by atoms with Crippen molar-refractivity contribution in [2.75, 3.05) is 11.9 Å². The van der Waals surface area contributed by atoms with Crippen LogP contribution in [0.3, 0.4) is 0 Å². The van der Waals surface area contributed by atoms with E-state index in [1.807, 2.05) is 13.0 Å². The number of aryl methyl sites for hydroxylation is 1. The Kier molecular flexibility index (Phi) is 7.43. The number of hydrogen-bond donors (Lipinski definition) is 4. The average molecular weight is 439 g/mol. The minimum atomic E-state index is -0.893. The van der Waals surface area contributed by atoms with E-state index >= 15 is 0 Å². The second-order valence-corrected chi connectivity index (χ2v) is 7.37. The quantitative estimate of drug-likeness (QED) is 0.384. The summed E-state index contributed by atoms with van der Waals surface area (Å²) in [5.74, 6) is -0.697. The van der Waals surface area contributed by atoms with E-state index in [0.717, 1.165) is 5.56 Å². The van der Waals surface area contributed by atoms with Crippen LogP contribution < -0.4 is 15.4 Å². The molecule has 1 aliphatic heterocycles. The Morgan fingerprint density at radius 1 is 1.16 bits per heavy atom. The van der Waals surface area contributed by atoms with E-state index in [1.165, 1.54) is 0 Å². The number of amidine groups is 1. The molecule has 1 unspecified atom stereocenters. The van der Waals surface area contributed by atoms with Gasteiger partial charge in [-0.1, -0.05) is 19.1 Å². The highest BCUT2D eigenvalue weighted by Crippen LogP contribution is 2.31. The zero-order valence-corrected chi connectivity index (χ0v) is 17.6. The van der Waals surface area contributed by atoms with Crippen LogP contribution in [0.5, 0.6) is 5.75 Å². The summed E-state index contributed by atoms with van der Waals surface area (Å²) in [6, 6.07) is 11.5. The first-order valence-corrected chi connectivity index (χ1v) is 10.3. The van der Waals surface area contributed by atoms with Crippen molar-refractivity contribution in [2.24, 2.45) is 0 Å². The Bertz CT molecular complexity index is 1020. The zero-order chi connectivity index (χ0) is 23.1. The van der Waals surface area contributed by atoms with Gasteiger partial charge in [0.1, 0.15) is 17.7 Å². The Hall–Kier alpha value is -3.88. The van der Waals surface area contributed by atoms with Crippen LogP contribution in [0.2, 0.25) is 0 Å². The molecule has 0 aromatic heterocycles. The molecule has 0 spiro atoms. The van der Waals surface area contributed by atoms with Crippen molar-refractivity contribution in [3.05, 3.63) is 59.2 Å². The molecule has 2 amide bonds. The fourth-order valence-corrected chi connectivity index (χ4v) is 3.26. The Balaban J connectivity index is 1.59. The number of rotatable bonds is 7. The van der Waals surface area contributed by atoms with Gasteiger partial charge in [-0.3, -0.25) is 20.3 Å². The lowest BCUT2D eigenvalue weighted by atomic mass is 10.00. The van der Waals surface area contributed by atoms with Crippen molar-refractivity contribution in [2.45, 2.75) is 38.7 Å². The molecule has 168 valence electrons. The lowest BCUT2D eigenvalue weighted by Crippen LogP contribution is -2.31. The van der Waals surface area contributed by atoms with Crippen LogP contribution in [-0.4, -0.2) is 41.6 Å². The van der Waals surface area contributed by atoms with Gasteiger partial charge in [-0.05, 0) is 55.2 Å². The number of nitrogens with one attached hydrogen (secondary N) is 3. The van der Waals surface area contributed by atoms with E-state index in [-0.39, 0.29) is 30.9 Å². The number of amides is 2. The van der Waals surface area contributed by atoms with Gasteiger partial charge >= 0.3 is 12.1 Å². The molecule has 9 heteroatoms. The SMILES string of the molecule is CCCOC(=O)NC(=N)c1ccc(C(=O)Nc2ccc3c(c2)CCC(CC(=O)O)O3)cc1. The van der Waals surface area contributed by atoms with Crippen LogP contribution in [-0.2, 0) is 16.0 Å². The van der Waals surface area contributed by atoms with E-state index in [2.05, 4.69) is 10.6 Å². The molecule has 9 nitrogen and oxygen atoms in total. The van der Waals surface area contributed by atoms with Gasteiger partial charge in [-0.25, -0.2) is 4.79 Å². The number of anilines is 1. The molecule has 2 aromatic carbocycles. The number of carboxylic acids is 1. The molecular weight excluding hydrogens is 414 g/mol. The summed E-state index contributed by atoms with van der Waals surface area (Å²) in [5, 5.41) is 22.0. The van der Waals surface area contributed by atoms with Crippen LogP contribution >= 0.6 is 0 Å². The van der Waals surface area contributed by atoms with Crippen LogP contribution in [0.4, 0.5) is 10.5 Å². The average Bonchev–Trinajstić information content (AvgIpc) is 2.77. The number of carbonyl (C=O) groups is 3. The molecular formula is C23H25N3O6. The maximum atomic E-state index is 12.6. The fraction of sp³-hybridized carbons (Fsp3) is 0.304. The summed E-state index contributed by atoms with van der Waals surface area (Å²) in [7, 11) is 0. The summed E-state index contributed by atoms with van der Waals surface area (Å²) < 4.78 is 10.6. The molecule has 1 atom stereocenters. The number of hydrogen-bond acceptors (Lipinski definition) is 6. The highest BCUT2D eigenvalue weighted by atomic mass is 16.5. The Labute approximate surface area is 185 Å². The number of benzene rings is 2. The third-order valence-corrected chi connectivity index (χ3v) is 4.85. The first-order valence-electron chi connectivity index (χ1n) is 10.3. The molecule has 0 bridgehead atoms. The maximum absolute atomic E-state index is 12.6. The number of carbonyl (C=O) groups excluding carboxylic acids is 2. The molecule has 3 rings (SSSR count). The van der Waals surface area contributed by atoms with Crippen LogP contribution in [0.15, 0.2) is 42.5 Å². The monoisotopic (exact) mass is 439 g/mol. The molecule has 1 aliphatic rings. The molecule has 32 heavy (non-hydrogen) atoms. The number of carboxylic acid groups (broad SMARTS) is 1. The third kappa shape index (κ3) is 6.07. The molecule has 1 heterocycles. The number of fused-ring (bicyclic) bond motifs is 1. The zero-order valence-electron chi connectivity index (χ0n) is 17.6. The summed E-state index contributed by atoms with van der Waals surface area (Å²) >= 11 is 0. The van der Waals surface area contributed by atoms with Gasteiger partial charge in [0.2, 0.25) is 0 Å². The van der Waals surface area contributed by atoms with Crippen molar-refractivity contribution < 1.29 is 29.0 Å². The number of ether oxygens (including phenoxy) is 2. The molecule has 0 saturated heterocycles. The standard InChI is InChI=1S/C23H25N3O6/c1-2-11-31-23(30)26-21(24)14-3-5-15(6-4-14)22(29)25-17-8-10-19-16(12-17)7-9-18(32-19)13-20(27)28/h3-6,8,10,12,18H,2,7,9,11,13H2,1H3,(H,25,29)(H,27,28)(H2,24,26,30). The van der Waals surface area contributed by atoms with Gasteiger partial charge in [-0.2, -0.15) is 0 Å². The van der Waals surface area contributed by atoms with Gasteiger partial charge in [0.25, 0.3) is 5.91 Å². The van der Waals surface area contributed by atoms with E-state index in [0.29, 0.717) is 41.8 Å². The van der Waals surface area contributed by atoms with E-state index in [9.17, 15) is 14.4 Å². The lowest BCUT2D eigenvalue weighted by molar-refractivity contribution is -0.139. The van der Waals surface area contributed by atoms with Crippen LogP contribution in [0.1, 0.15) is 47.7 Å². The van der Waals surface area contributed by atoms with E-state index in [1.54, 1.807) is 36.4 Å². The molecule has 0 radical (unpaired) electrons. The molecule has 0 saturated carbocycles. The lowest BCUT2D eigenvalue weighted by Gasteiger charge is -2.25. The topological polar surface area (TPSA) is 138 Å². The first-order chi connectivity index (χ1) is 15.4. The summed E-state index contributed by atoms with van der Waals surface area (Å²) in [5.41, 5.74) is 2.35. The number of aliphatic carboxylic acids is 1. The predicted molar refractivity (Wildman–Crippen MR) is 117 cm³/mol. The van der Waals surface area contributed by atoms with Crippen molar-refractivity contribution in [3.63, 3.8) is 0 Å². The van der Waals surface area contributed by atoms with Crippen molar-refractivity contribution >= 4 is 29.5 Å². The van der Waals surface area contributed by atoms with Crippen molar-refractivity contribution in [3.8, 4) is 5.75 Å². The minimum Gasteiger partial charge on any atom is -0.490 e. The fourth-order valence-electron chi connectivity index (χ4n) is 3.26. The van der Waals surface area contributed by atoms with Gasteiger partial charge < -0.3 is 19.9 Å². The largest absolute Gasteiger partial charge is 0.490 e. The summed E-state index contributed by atoms with van der Waals surface area (Å²) in [4.78, 5) is 35.0. The van der Waals surface area contributed by atoms with Gasteiger partial charge in [0.05, 0.1) is 13.0 Å². The van der Waals surface area contributed by atoms with Crippen LogP contribution in [0, 0.1) is 5.41 Å². The van der Waals surface area contributed by atoms with E-state index < -0.39 is 12.1 Å². The molecule has 2 aromatic rings. The third-order valence-electron chi connectivity index (χ3n) is 4.85. The predicted octanol–water partition coefficient (Wildman–Crippen LogP) is 3.57. The second kappa shape index (κ2) is 10.4. The molecule has 0 aliphatic carbocycles. The highest BCUT2D eigenvalue weighted by Gasteiger charge is 2.22. The Morgan fingerprint density at radius 2 is 1.88 bits per heavy atom. The molecule has 4 N–H and O–H groups in total. The highest BCUT2D eigenvalue weighted by molar-refractivity contribution is 6.07. The van der Waals surface area contributed by atoms with Crippen LogP contribution in [0.25, 0.3) is 0 Å². The van der Waals surface area contributed by atoms with Crippen molar-refractivity contribution in [1.82, 2.24) is 5.32 Å². The first kappa shape index (κ1) is 22.8. The number of alkyl carbamates (subject to hydrolysis) is 1. The summed E-state index contributed by atoms with van der Waals surface area (Å²) in [6.07, 6.45) is 0.879. The van der Waals surface area contributed by atoms with E-state index in [4.69, 9.17) is 20.0 Å². The van der Waals surface area contributed by atoms with Gasteiger partial charge in [0.15, 0.2) is 0 Å². The van der Waals surface area contributed by atoms with Crippen molar-refractivity contribution in [1.29, 1.82) is 5.41 Å². The summed E-state index contributed by atoms with van der Waals surface area (Å²) in [6.45, 7) is 2.15. The maximum Gasteiger partial charge on any atom is 0.412 e. The van der Waals surface area contributed by atoms with Gasteiger partial charge in [-0.15, -0.1) is 0 Å². The normalized spacial score (nSPS) is 14.5. The Morgan fingerprint density at radius 3 is 2.56 bits per heavy atom. The molecule has 0 fully saturated rings. The second-order valence-electron chi connectivity index (χ2n) is 7.37. The minimum absolute atomic E-state index is 0.0408. The van der Waals surface area contributed by atoms with Gasteiger partial charge in [0, 0.05) is 16.8 Å². The smallest absolute Gasteiger partial charge is 0.412 e.